The van der Waals surface area contributed by atoms with Gasteiger partial charge in [0.25, 0.3) is 5.91 Å². The quantitative estimate of drug-likeness (QED) is 0.387. The molecule has 1 aliphatic rings. The second kappa shape index (κ2) is 10.6. The second-order valence-electron chi connectivity index (χ2n) is 9.82. The zero-order chi connectivity index (χ0) is 24.9. The summed E-state index contributed by atoms with van der Waals surface area (Å²) in [6, 6.07) is 19.9. The number of benzene rings is 2. The summed E-state index contributed by atoms with van der Waals surface area (Å²) in [7, 11) is 3.23. The topological polar surface area (TPSA) is 61.1 Å². The molecule has 1 atom stereocenters. The third kappa shape index (κ3) is 5.70. The molecule has 0 unspecified atom stereocenters. The van der Waals surface area contributed by atoms with Crippen LogP contribution in [0.3, 0.4) is 0 Å². The van der Waals surface area contributed by atoms with Gasteiger partial charge in [-0.3, -0.25) is 4.79 Å². The van der Waals surface area contributed by atoms with Gasteiger partial charge in [-0.05, 0) is 68.5 Å². The van der Waals surface area contributed by atoms with Gasteiger partial charge in [0.05, 0.1) is 26.1 Å². The maximum absolute atomic E-state index is 13.5. The number of methoxy groups -OCH3 is 2. The number of hydrogen-bond acceptors (Lipinski definition) is 5. The van der Waals surface area contributed by atoms with Crippen molar-refractivity contribution in [3.63, 3.8) is 0 Å². The smallest absolute Gasteiger partial charge is 0.289 e. The maximum Gasteiger partial charge on any atom is 0.289 e. The van der Waals surface area contributed by atoms with E-state index in [-0.39, 0.29) is 16.9 Å². The molecule has 0 spiro atoms. The number of nitrogens with zero attached hydrogens (tertiary/aromatic N) is 1. The molecule has 0 bridgehead atoms. The van der Waals surface area contributed by atoms with Gasteiger partial charge in [0, 0.05) is 25.1 Å². The Morgan fingerprint density at radius 1 is 1.00 bits per heavy atom. The fourth-order valence-electron chi connectivity index (χ4n) is 5.23. The second-order valence-corrected chi connectivity index (χ2v) is 9.82. The summed E-state index contributed by atoms with van der Waals surface area (Å²) in [5.41, 5.74) is 1.95. The van der Waals surface area contributed by atoms with E-state index in [0.717, 1.165) is 24.8 Å². The Hall–Kier alpha value is -3.25. The first-order valence-electron chi connectivity index (χ1n) is 12.1. The molecule has 0 saturated carbocycles. The Morgan fingerprint density at radius 3 is 2.43 bits per heavy atom. The van der Waals surface area contributed by atoms with Gasteiger partial charge in [0.15, 0.2) is 17.3 Å². The standard InChI is InChI=1S/C29H35NO5/c1-28(2)21-29(15-18-35-28,23-9-6-5-7-10-23)14-16-30(27(31)25-11-8-17-34-25)20-22-12-13-24(32-3)26(19-22)33-4/h5-13,17,19H,14-16,18,20-21H2,1-4H3/t29-/m0/s1. The lowest BCUT2D eigenvalue weighted by molar-refractivity contribution is -0.0850. The van der Waals surface area contributed by atoms with Gasteiger partial charge in [0.1, 0.15) is 0 Å². The van der Waals surface area contributed by atoms with Crippen molar-refractivity contribution in [2.45, 2.75) is 50.7 Å². The molecule has 0 aliphatic carbocycles. The largest absolute Gasteiger partial charge is 0.493 e. The molecule has 1 aromatic heterocycles. The van der Waals surface area contributed by atoms with Gasteiger partial charge < -0.3 is 23.5 Å². The Morgan fingerprint density at radius 2 is 1.77 bits per heavy atom. The molecule has 6 nitrogen and oxygen atoms in total. The summed E-state index contributed by atoms with van der Waals surface area (Å²) in [6.07, 6.45) is 4.17. The van der Waals surface area contributed by atoms with Crippen molar-refractivity contribution < 1.29 is 23.4 Å². The van der Waals surface area contributed by atoms with E-state index in [9.17, 15) is 4.79 Å². The van der Waals surface area contributed by atoms with Gasteiger partial charge in [-0.25, -0.2) is 0 Å². The summed E-state index contributed by atoms with van der Waals surface area (Å²) in [5.74, 6) is 1.51. The normalized spacial score (nSPS) is 19.2. The number of hydrogen-bond donors (Lipinski definition) is 0. The molecule has 4 rings (SSSR count). The minimum absolute atomic E-state index is 0.0810. The average molecular weight is 478 g/mol. The molecule has 1 aliphatic heterocycles. The van der Waals surface area contributed by atoms with Crippen molar-refractivity contribution in [2.24, 2.45) is 0 Å². The summed E-state index contributed by atoms with van der Waals surface area (Å²) >= 11 is 0. The van der Waals surface area contributed by atoms with E-state index in [1.807, 2.05) is 29.2 Å². The van der Waals surface area contributed by atoms with Crippen molar-refractivity contribution in [1.29, 1.82) is 0 Å². The average Bonchev–Trinajstić information content (AvgIpc) is 3.41. The highest BCUT2D eigenvalue weighted by Crippen LogP contribution is 2.44. The SMILES string of the molecule is COc1ccc(CN(CC[C@]2(c3ccccc3)CCOC(C)(C)C2)C(=O)c2ccco2)cc1OC. The number of carbonyl (C=O) groups excluding carboxylic acids is 1. The van der Waals surface area contributed by atoms with E-state index in [2.05, 4.69) is 38.1 Å². The predicted molar refractivity (Wildman–Crippen MR) is 135 cm³/mol. The van der Waals surface area contributed by atoms with E-state index in [1.165, 1.54) is 11.8 Å². The molecule has 1 saturated heterocycles. The highest BCUT2D eigenvalue weighted by Gasteiger charge is 2.42. The molecule has 0 radical (unpaired) electrons. The molecule has 186 valence electrons. The first-order chi connectivity index (χ1) is 16.9. The van der Waals surface area contributed by atoms with Crippen molar-refractivity contribution in [3.05, 3.63) is 83.8 Å². The predicted octanol–water partition coefficient (Wildman–Crippen LogP) is 5.86. The first-order valence-corrected chi connectivity index (χ1v) is 12.1. The number of furan rings is 1. The molecule has 35 heavy (non-hydrogen) atoms. The summed E-state index contributed by atoms with van der Waals surface area (Å²) in [5, 5.41) is 0. The Balaban J connectivity index is 1.63. The van der Waals surface area contributed by atoms with Gasteiger partial charge in [-0.2, -0.15) is 0 Å². The van der Waals surface area contributed by atoms with Gasteiger partial charge in [-0.1, -0.05) is 36.4 Å². The van der Waals surface area contributed by atoms with Gasteiger partial charge >= 0.3 is 0 Å². The van der Waals surface area contributed by atoms with Crippen molar-refractivity contribution >= 4 is 5.91 Å². The van der Waals surface area contributed by atoms with Crippen LogP contribution < -0.4 is 9.47 Å². The van der Waals surface area contributed by atoms with Gasteiger partial charge in [0.2, 0.25) is 0 Å². The molecule has 0 N–H and O–H groups in total. The van der Waals surface area contributed by atoms with E-state index in [1.54, 1.807) is 26.4 Å². The van der Waals surface area contributed by atoms with Crippen LogP contribution in [-0.2, 0) is 16.7 Å². The van der Waals surface area contributed by atoms with Crippen LogP contribution in [-0.4, -0.2) is 43.8 Å². The summed E-state index contributed by atoms with van der Waals surface area (Å²) < 4.78 is 22.4. The molecule has 6 heteroatoms. The molecular formula is C29H35NO5. The lowest BCUT2D eigenvalue weighted by Crippen LogP contribution is -2.46. The molecule has 2 heterocycles. The van der Waals surface area contributed by atoms with Gasteiger partial charge in [-0.15, -0.1) is 0 Å². The number of rotatable bonds is 9. The highest BCUT2D eigenvalue weighted by atomic mass is 16.5. The van der Waals surface area contributed by atoms with Crippen molar-refractivity contribution in [3.8, 4) is 11.5 Å². The van der Waals surface area contributed by atoms with E-state index < -0.39 is 0 Å². The summed E-state index contributed by atoms with van der Waals surface area (Å²) in [4.78, 5) is 15.3. The Kier molecular flexibility index (Phi) is 7.51. The molecule has 1 amide bonds. The van der Waals surface area contributed by atoms with E-state index in [0.29, 0.717) is 37.0 Å². The Labute approximate surface area is 207 Å². The Bertz CT molecular complexity index is 1110. The maximum atomic E-state index is 13.5. The number of amides is 1. The van der Waals surface area contributed by atoms with Crippen LogP contribution >= 0.6 is 0 Å². The lowest BCUT2D eigenvalue weighted by atomic mass is 9.67. The first kappa shape index (κ1) is 24.9. The zero-order valence-electron chi connectivity index (χ0n) is 21.1. The summed E-state index contributed by atoms with van der Waals surface area (Å²) in [6.45, 7) is 6.02. The fourth-order valence-corrected chi connectivity index (χ4v) is 5.23. The molecule has 3 aromatic rings. The highest BCUT2D eigenvalue weighted by molar-refractivity contribution is 5.91. The third-order valence-corrected chi connectivity index (χ3v) is 6.92. The van der Waals surface area contributed by atoms with Crippen LogP contribution in [0.5, 0.6) is 11.5 Å². The van der Waals surface area contributed by atoms with E-state index in [4.69, 9.17) is 18.6 Å². The van der Waals surface area contributed by atoms with Crippen LogP contribution in [0.15, 0.2) is 71.3 Å². The van der Waals surface area contributed by atoms with Crippen molar-refractivity contribution in [2.75, 3.05) is 27.4 Å². The van der Waals surface area contributed by atoms with Crippen LogP contribution in [0, 0.1) is 0 Å². The number of carbonyl (C=O) groups is 1. The minimum Gasteiger partial charge on any atom is -0.493 e. The minimum atomic E-state index is -0.229. The molecule has 1 fully saturated rings. The molecular weight excluding hydrogens is 442 g/mol. The third-order valence-electron chi connectivity index (χ3n) is 6.92. The van der Waals surface area contributed by atoms with Crippen LogP contribution in [0.4, 0.5) is 0 Å². The van der Waals surface area contributed by atoms with E-state index >= 15 is 0 Å². The zero-order valence-corrected chi connectivity index (χ0v) is 21.1. The number of ether oxygens (including phenoxy) is 3. The van der Waals surface area contributed by atoms with Crippen LogP contribution in [0.2, 0.25) is 0 Å². The lowest BCUT2D eigenvalue weighted by Gasteiger charge is -2.46. The van der Waals surface area contributed by atoms with Crippen LogP contribution in [0.1, 0.15) is 54.8 Å². The van der Waals surface area contributed by atoms with Crippen molar-refractivity contribution in [1.82, 2.24) is 4.90 Å². The molecule has 2 aromatic carbocycles. The fraction of sp³-hybridized carbons (Fsp3) is 0.414. The monoisotopic (exact) mass is 477 g/mol. The van der Waals surface area contributed by atoms with Crippen LogP contribution in [0.25, 0.3) is 0 Å².